The molecule has 7 nitrogen and oxygen atoms in total. The number of fused-ring (bicyclic) bond motifs is 3. The van der Waals surface area contributed by atoms with Crippen LogP contribution < -0.4 is 16.0 Å². The van der Waals surface area contributed by atoms with Crippen LogP contribution in [-0.4, -0.2) is 27.4 Å². The van der Waals surface area contributed by atoms with Crippen molar-refractivity contribution in [3.8, 4) is 0 Å². The number of nitrogens with zero attached hydrogens (tertiary/aromatic N) is 2. The topological polar surface area (TPSA) is 94.7 Å². The van der Waals surface area contributed by atoms with E-state index in [0.717, 1.165) is 35.4 Å². The normalized spacial score (nSPS) is 16.0. The van der Waals surface area contributed by atoms with Crippen LogP contribution in [0.4, 0.5) is 11.5 Å². The highest BCUT2D eigenvalue weighted by atomic mass is 16.1. The van der Waals surface area contributed by atoms with Crippen molar-refractivity contribution in [2.24, 2.45) is 0 Å². The summed E-state index contributed by atoms with van der Waals surface area (Å²) < 4.78 is 0. The summed E-state index contributed by atoms with van der Waals surface area (Å²) in [6.07, 6.45) is 7.84. The number of nitrogens with one attached hydrogen (secondary N) is 4. The Bertz CT molecular complexity index is 1320. The molecule has 1 amide bonds. The molecular formula is C25H24N6O. The number of aromatic nitrogens is 3. The molecule has 1 saturated carbocycles. The van der Waals surface area contributed by atoms with Gasteiger partial charge in [-0.2, -0.15) is 0 Å². The highest BCUT2D eigenvalue weighted by Gasteiger charge is 2.46. The first-order valence-electron chi connectivity index (χ1n) is 11.0. The molecule has 160 valence electrons. The van der Waals surface area contributed by atoms with Crippen LogP contribution >= 0.6 is 0 Å². The van der Waals surface area contributed by atoms with E-state index in [1.54, 1.807) is 24.5 Å². The Hall–Kier alpha value is -3.71. The van der Waals surface area contributed by atoms with E-state index < -0.39 is 0 Å². The molecule has 0 bridgehead atoms. The van der Waals surface area contributed by atoms with Crippen LogP contribution in [0.5, 0.6) is 0 Å². The second kappa shape index (κ2) is 7.46. The lowest BCUT2D eigenvalue weighted by Crippen LogP contribution is -2.33. The summed E-state index contributed by atoms with van der Waals surface area (Å²) in [7, 11) is 0. The minimum Gasteiger partial charge on any atom is -0.365 e. The first-order valence-corrected chi connectivity index (χ1v) is 11.0. The van der Waals surface area contributed by atoms with Gasteiger partial charge >= 0.3 is 0 Å². The highest BCUT2D eigenvalue weighted by Crippen LogP contribution is 2.50. The fraction of sp³-hybridized carbons (Fsp3) is 0.240. The molecule has 1 spiro atoms. The Morgan fingerprint density at radius 2 is 2.03 bits per heavy atom. The zero-order chi connectivity index (χ0) is 21.5. The van der Waals surface area contributed by atoms with Gasteiger partial charge < -0.3 is 20.9 Å². The number of benzene rings is 1. The lowest BCUT2D eigenvalue weighted by atomic mass is 9.88. The smallest absolute Gasteiger partial charge is 0.259 e. The molecule has 1 aliphatic carbocycles. The standard InChI is InChI=1S/C25H24N6O/c32-24(31-18-3-4-21-17(12-18)13-26-15-25(21)7-8-25)20-2-1-9-27-23(20)30-14-16-5-10-28-22-19(16)6-11-29-22/h1-6,9-12,26H,7-8,13-15H2,(H,27,30)(H,28,29)(H,31,32). The third-order valence-corrected chi connectivity index (χ3v) is 6.62. The van der Waals surface area contributed by atoms with E-state index in [9.17, 15) is 4.79 Å². The minimum absolute atomic E-state index is 0.174. The van der Waals surface area contributed by atoms with E-state index in [-0.39, 0.29) is 5.91 Å². The molecule has 6 rings (SSSR count). The number of hydrogen-bond acceptors (Lipinski definition) is 5. The summed E-state index contributed by atoms with van der Waals surface area (Å²) in [5.74, 6) is 0.383. The molecule has 3 aromatic heterocycles. The molecule has 2 aliphatic rings. The maximum atomic E-state index is 13.1. The van der Waals surface area contributed by atoms with Crippen LogP contribution in [0.2, 0.25) is 0 Å². The summed E-state index contributed by atoms with van der Waals surface area (Å²) in [5.41, 5.74) is 6.31. The molecule has 0 saturated heterocycles. The van der Waals surface area contributed by atoms with Gasteiger partial charge in [0, 0.05) is 54.7 Å². The van der Waals surface area contributed by atoms with Crippen molar-refractivity contribution in [2.75, 3.05) is 17.2 Å². The van der Waals surface area contributed by atoms with Gasteiger partial charge in [0.05, 0.1) is 5.56 Å². The molecule has 1 aliphatic heterocycles. The number of rotatable bonds is 5. The summed E-state index contributed by atoms with van der Waals surface area (Å²) >= 11 is 0. The molecule has 4 aromatic rings. The second-order valence-corrected chi connectivity index (χ2v) is 8.67. The zero-order valence-electron chi connectivity index (χ0n) is 17.6. The number of aromatic amines is 1. The molecule has 32 heavy (non-hydrogen) atoms. The maximum Gasteiger partial charge on any atom is 0.259 e. The Morgan fingerprint density at radius 3 is 2.94 bits per heavy atom. The van der Waals surface area contributed by atoms with Crippen molar-refractivity contribution in [1.82, 2.24) is 20.3 Å². The van der Waals surface area contributed by atoms with E-state index in [1.165, 1.54) is 24.0 Å². The van der Waals surface area contributed by atoms with Gasteiger partial charge in [0.1, 0.15) is 11.5 Å². The Labute approximate surface area is 185 Å². The largest absolute Gasteiger partial charge is 0.365 e. The molecule has 7 heteroatoms. The molecule has 1 fully saturated rings. The lowest BCUT2D eigenvalue weighted by Gasteiger charge is -2.26. The third-order valence-electron chi connectivity index (χ3n) is 6.62. The van der Waals surface area contributed by atoms with Crippen molar-refractivity contribution in [2.45, 2.75) is 31.3 Å². The van der Waals surface area contributed by atoms with Crippen LogP contribution in [0.25, 0.3) is 11.0 Å². The maximum absolute atomic E-state index is 13.1. The summed E-state index contributed by atoms with van der Waals surface area (Å²) in [6.45, 7) is 2.45. The van der Waals surface area contributed by atoms with Gasteiger partial charge in [0.25, 0.3) is 5.91 Å². The monoisotopic (exact) mass is 424 g/mol. The summed E-state index contributed by atoms with van der Waals surface area (Å²) in [4.78, 5) is 25.0. The summed E-state index contributed by atoms with van der Waals surface area (Å²) in [5, 5.41) is 11.0. The van der Waals surface area contributed by atoms with Gasteiger partial charge in [0.15, 0.2) is 0 Å². The minimum atomic E-state index is -0.174. The summed E-state index contributed by atoms with van der Waals surface area (Å²) in [6, 6.07) is 13.9. The Morgan fingerprint density at radius 1 is 1.09 bits per heavy atom. The molecule has 4 N–H and O–H groups in total. The molecule has 1 aromatic carbocycles. The van der Waals surface area contributed by atoms with Gasteiger partial charge in [-0.25, -0.2) is 9.97 Å². The highest BCUT2D eigenvalue weighted by molar-refractivity contribution is 6.07. The fourth-order valence-electron chi connectivity index (χ4n) is 4.74. The van der Waals surface area contributed by atoms with Crippen LogP contribution in [0.1, 0.15) is 39.9 Å². The lowest BCUT2D eigenvalue weighted by molar-refractivity contribution is 0.102. The van der Waals surface area contributed by atoms with Crippen molar-refractivity contribution in [3.63, 3.8) is 0 Å². The van der Waals surface area contributed by atoms with E-state index >= 15 is 0 Å². The van der Waals surface area contributed by atoms with Crippen molar-refractivity contribution < 1.29 is 4.79 Å². The second-order valence-electron chi connectivity index (χ2n) is 8.67. The molecule has 0 radical (unpaired) electrons. The molecule has 4 heterocycles. The number of amides is 1. The number of carbonyl (C=O) groups excluding carboxylic acids is 1. The number of carbonyl (C=O) groups is 1. The SMILES string of the molecule is O=C(Nc1ccc2c(c1)CNCC21CC1)c1cccnc1NCc1ccnc2[nH]ccc12. The third kappa shape index (κ3) is 3.31. The number of H-pyrrole nitrogens is 1. The van der Waals surface area contributed by atoms with Crippen molar-refractivity contribution >= 4 is 28.4 Å². The van der Waals surface area contributed by atoms with Gasteiger partial charge in [0.2, 0.25) is 0 Å². The van der Waals surface area contributed by atoms with E-state index in [4.69, 9.17) is 0 Å². The average molecular weight is 425 g/mol. The quantitative estimate of drug-likeness (QED) is 0.389. The molecular weight excluding hydrogens is 400 g/mol. The van der Waals surface area contributed by atoms with Gasteiger partial charge in [-0.3, -0.25) is 4.79 Å². The Balaban J connectivity index is 1.21. The van der Waals surface area contributed by atoms with Gasteiger partial charge in [-0.1, -0.05) is 6.07 Å². The Kier molecular flexibility index (Phi) is 4.43. The van der Waals surface area contributed by atoms with Crippen LogP contribution in [-0.2, 0) is 18.5 Å². The fourth-order valence-corrected chi connectivity index (χ4v) is 4.74. The average Bonchev–Trinajstić information content (AvgIpc) is 3.41. The predicted octanol–water partition coefficient (Wildman–Crippen LogP) is 3.96. The number of pyridine rings is 2. The van der Waals surface area contributed by atoms with Crippen LogP contribution in [0, 0.1) is 0 Å². The number of hydrogen-bond donors (Lipinski definition) is 4. The first-order chi connectivity index (χ1) is 15.7. The van der Waals surface area contributed by atoms with Gasteiger partial charge in [-0.15, -0.1) is 0 Å². The van der Waals surface area contributed by atoms with E-state index in [2.05, 4.69) is 43.0 Å². The van der Waals surface area contributed by atoms with Crippen molar-refractivity contribution in [1.29, 1.82) is 0 Å². The zero-order valence-corrected chi connectivity index (χ0v) is 17.6. The number of anilines is 2. The first kappa shape index (κ1) is 19.0. The van der Waals surface area contributed by atoms with Crippen molar-refractivity contribution in [3.05, 3.63) is 83.3 Å². The van der Waals surface area contributed by atoms with Crippen LogP contribution in [0.3, 0.4) is 0 Å². The molecule has 0 atom stereocenters. The van der Waals surface area contributed by atoms with E-state index in [1.807, 2.05) is 24.4 Å². The predicted molar refractivity (Wildman–Crippen MR) is 125 cm³/mol. The van der Waals surface area contributed by atoms with Gasteiger partial charge in [-0.05, 0) is 65.9 Å². The van der Waals surface area contributed by atoms with E-state index in [0.29, 0.717) is 23.3 Å². The van der Waals surface area contributed by atoms with Crippen LogP contribution in [0.15, 0.2) is 61.1 Å². The molecule has 0 unspecified atom stereocenters.